The maximum Gasteiger partial charge on any atom is 0.264 e. The fraction of sp³-hybridized carbons (Fsp3) is 0.435. The van der Waals surface area contributed by atoms with Crippen LogP contribution in [0.4, 0.5) is 0 Å². The number of benzene rings is 1. The van der Waals surface area contributed by atoms with Crippen LogP contribution in [-0.2, 0) is 19.6 Å². The molecule has 2 heterocycles. The molecule has 0 saturated carbocycles. The lowest BCUT2D eigenvalue weighted by atomic mass is 10.1. The Kier molecular flexibility index (Phi) is 9.34. The number of hydrogen-bond donors (Lipinski definition) is 4. The van der Waals surface area contributed by atoms with Gasteiger partial charge in [0.15, 0.2) is 5.01 Å². The number of nitrogens with one attached hydrogen (secondary N) is 2. The van der Waals surface area contributed by atoms with E-state index in [1.54, 1.807) is 17.5 Å². The van der Waals surface area contributed by atoms with Crippen LogP contribution in [0.2, 0.25) is 0 Å². The first-order chi connectivity index (χ1) is 17.5. The lowest BCUT2D eigenvalue weighted by Crippen LogP contribution is -2.50. The summed E-state index contributed by atoms with van der Waals surface area (Å²) in [5.41, 5.74) is 6.66. The molecule has 12 nitrogen and oxygen atoms in total. The highest BCUT2D eigenvalue weighted by atomic mass is 32.2. The number of aliphatic imine (C=N–C) groups is 1. The Balaban J connectivity index is 1.62. The third-order valence-corrected chi connectivity index (χ3v) is 7.92. The number of aryl methyl sites for hydroxylation is 1. The zero-order chi connectivity index (χ0) is 27.2. The maximum absolute atomic E-state index is 13.0. The predicted octanol–water partition coefficient (Wildman–Crippen LogP) is 0.174. The minimum atomic E-state index is -3.89. The van der Waals surface area contributed by atoms with Crippen LogP contribution < -0.4 is 15.8 Å². The zero-order valence-corrected chi connectivity index (χ0v) is 22.1. The second-order valence-electron chi connectivity index (χ2n) is 8.67. The average molecular weight is 551 g/mol. The van der Waals surface area contributed by atoms with E-state index in [1.807, 2.05) is 6.92 Å². The Morgan fingerprint density at radius 1 is 1.30 bits per heavy atom. The number of nitrogens with two attached hydrogens (primary N) is 1. The molecule has 0 aliphatic carbocycles. The molecule has 200 valence electrons. The van der Waals surface area contributed by atoms with Crippen molar-refractivity contribution in [1.29, 1.82) is 0 Å². The molecule has 37 heavy (non-hydrogen) atoms. The van der Waals surface area contributed by atoms with Crippen molar-refractivity contribution < 1.29 is 27.9 Å². The van der Waals surface area contributed by atoms with Crippen molar-refractivity contribution in [3.05, 3.63) is 46.4 Å². The molecule has 14 heteroatoms. The van der Waals surface area contributed by atoms with Crippen molar-refractivity contribution >= 4 is 44.9 Å². The van der Waals surface area contributed by atoms with E-state index < -0.39 is 39.9 Å². The molecular weight excluding hydrogens is 520 g/mol. The third-order valence-electron chi connectivity index (χ3n) is 5.77. The van der Waals surface area contributed by atoms with E-state index in [1.165, 1.54) is 30.2 Å². The van der Waals surface area contributed by atoms with Gasteiger partial charge in [0.25, 0.3) is 10.0 Å². The third kappa shape index (κ3) is 7.57. The first-order valence-electron chi connectivity index (χ1n) is 11.6. The zero-order valence-electron chi connectivity index (χ0n) is 20.5. The number of likely N-dealkylation sites (tertiary alicyclic amines) is 1. The normalized spacial score (nSPS) is 18.9. The van der Waals surface area contributed by atoms with Crippen molar-refractivity contribution in [2.45, 2.75) is 56.2 Å². The quantitative estimate of drug-likeness (QED) is 0.140. The molecule has 1 fully saturated rings. The summed E-state index contributed by atoms with van der Waals surface area (Å²) in [4.78, 5) is 47.2. The van der Waals surface area contributed by atoms with E-state index in [4.69, 9.17) is 5.73 Å². The first-order valence-corrected chi connectivity index (χ1v) is 13.9. The molecule has 1 saturated heterocycles. The van der Waals surface area contributed by atoms with Crippen LogP contribution in [0.1, 0.15) is 41.6 Å². The second kappa shape index (κ2) is 12.3. The number of sulfonamides is 1. The number of hydrogen-bond acceptors (Lipinski definition) is 9. The summed E-state index contributed by atoms with van der Waals surface area (Å²) < 4.78 is 27.1. The second-order valence-corrected chi connectivity index (χ2v) is 11.2. The van der Waals surface area contributed by atoms with E-state index in [2.05, 4.69) is 20.0 Å². The van der Waals surface area contributed by atoms with Gasteiger partial charge in [-0.15, -0.1) is 11.3 Å². The van der Waals surface area contributed by atoms with Crippen LogP contribution in [0.25, 0.3) is 0 Å². The SMILES string of the molecule is CC(=O)N1C[C@H](O)C[C@H]1C(=O)N[C@@H](CCCN=C(N)NS(=O)(=O)c1ccc(C)cc1)C(=O)c1nccs1. The molecule has 2 amide bonds. The molecule has 3 rings (SSSR count). The predicted molar refractivity (Wildman–Crippen MR) is 137 cm³/mol. The first kappa shape index (κ1) is 28.2. The number of ketones is 1. The number of nitrogens with zero attached hydrogens (tertiary/aromatic N) is 3. The van der Waals surface area contributed by atoms with Gasteiger partial charge in [0.1, 0.15) is 6.04 Å². The Bertz CT molecular complexity index is 1250. The molecule has 5 N–H and O–H groups in total. The van der Waals surface area contributed by atoms with E-state index in [9.17, 15) is 27.9 Å². The number of β-amino-alcohol motifs (C(OH)–C–C–N with tert-alkyl or cyclic N) is 1. The minimum Gasteiger partial charge on any atom is -0.391 e. The van der Waals surface area contributed by atoms with E-state index in [0.717, 1.165) is 16.9 Å². The van der Waals surface area contributed by atoms with Gasteiger partial charge in [-0.2, -0.15) is 0 Å². The summed E-state index contributed by atoms with van der Waals surface area (Å²) in [6.45, 7) is 3.28. The Hall–Kier alpha value is -3.36. The summed E-state index contributed by atoms with van der Waals surface area (Å²) in [5, 5.41) is 14.5. The van der Waals surface area contributed by atoms with Crippen LogP contribution >= 0.6 is 11.3 Å². The van der Waals surface area contributed by atoms with Crippen LogP contribution in [0.15, 0.2) is 45.7 Å². The summed E-state index contributed by atoms with van der Waals surface area (Å²) in [6.07, 6.45) is 1.19. The summed E-state index contributed by atoms with van der Waals surface area (Å²) in [6, 6.07) is 4.41. The Morgan fingerprint density at radius 2 is 2.00 bits per heavy atom. The maximum atomic E-state index is 13.0. The lowest BCUT2D eigenvalue weighted by Gasteiger charge is -2.24. The topological polar surface area (TPSA) is 184 Å². The number of aliphatic hydroxyl groups is 1. The number of carbonyl (C=O) groups is 3. The average Bonchev–Trinajstić information content (AvgIpc) is 3.50. The fourth-order valence-corrected chi connectivity index (χ4v) is 5.47. The molecule has 3 atom stereocenters. The highest BCUT2D eigenvalue weighted by molar-refractivity contribution is 7.90. The summed E-state index contributed by atoms with van der Waals surface area (Å²) in [5.74, 6) is -1.59. The number of aromatic nitrogens is 1. The molecule has 0 spiro atoms. The molecule has 0 radical (unpaired) electrons. The minimum absolute atomic E-state index is 0.0460. The Morgan fingerprint density at radius 3 is 2.62 bits per heavy atom. The van der Waals surface area contributed by atoms with E-state index in [0.29, 0.717) is 6.42 Å². The fourth-order valence-electron chi connectivity index (χ4n) is 3.88. The number of rotatable bonds is 10. The molecule has 1 aromatic carbocycles. The van der Waals surface area contributed by atoms with Crippen molar-refractivity contribution in [3.8, 4) is 0 Å². The van der Waals surface area contributed by atoms with Gasteiger partial charge in [-0.1, -0.05) is 17.7 Å². The van der Waals surface area contributed by atoms with Crippen LogP contribution in [0.5, 0.6) is 0 Å². The lowest BCUT2D eigenvalue weighted by molar-refractivity contribution is -0.137. The highest BCUT2D eigenvalue weighted by Gasteiger charge is 2.39. The summed E-state index contributed by atoms with van der Waals surface area (Å²) >= 11 is 1.13. The van der Waals surface area contributed by atoms with Crippen molar-refractivity contribution in [1.82, 2.24) is 19.9 Å². The number of guanidine groups is 1. The number of aliphatic hydroxyl groups excluding tert-OH is 1. The highest BCUT2D eigenvalue weighted by Crippen LogP contribution is 2.19. The summed E-state index contributed by atoms with van der Waals surface area (Å²) in [7, 11) is -3.89. The van der Waals surface area contributed by atoms with E-state index in [-0.39, 0.29) is 47.7 Å². The van der Waals surface area contributed by atoms with Gasteiger partial charge in [-0.3, -0.25) is 19.4 Å². The monoisotopic (exact) mass is 550 g/mol. The smallest absolute Gasteiger partial charge is 0.264 e. The van der Waals surface area contributed by atoms with Gasteiger partial charge in [-0.05, 0) is 31.9 Å². The molecule has 0 bridgehead atoms. The van der Waals surface area contributed by atoms with E-state index >= 15 is 0 Å². The van der Waals surface area contributed by atoms with Crippen molar-refractivity contribution in [2.75, 3.05) is 13.1 Å². The van der Waals surface area contributed by atoms with Gasteiger partial charge in [-0.25, -0.2) is 18.1 Å². The molecule has 2 aromatic rings. The molecule has 1 aliphatic rings. The van der Waals surface area contributed by atoms with Crippen LogP contribution in [0, 0.1) is 6.92 Å². The largest absolute Gasteiger partial charge is 0.391 e. The van der Waals surface area contributed by atoms with Gasteiger partial charge >= 0.3 is 0 Å². The van der Waals surface area contributed by atoms with Crippen molar-refractivity contribution in [2.24, 2.45) is 10.7 Å². The molecular formula is C23H30N6O6S2. The van der Waals surface area contributed by atoms with Gasteiger partial charge in [0, 0.05) is 38.0 Å². The van der Waals surface area contributed by atoms with Crippen LogP contribution in [-0.4, -0.2) is 78.2 Å². The van der Waals surface area contributed by atoms with Crippen LogP contribution in [0.3, 0.4) is 0 Å². The molecule has 1 aliphatic heterocycles. The van der Waals surface area contributed by atoms with Gasteiger partial charge in [0.05, 0.1) is 17.0 Å². The number of amides is 2. The number of Topliss-reactive ketones (excluding diaryl/α,β-unsaturated/α-hetero) is 1. The van der Waals surface area contributed by atoms with Gasteiger partial charge < -0.3 is 21.1 Å². The standard InChI is InChI=1S/C23H30N6O6S2/c1-14-5-7-17(8-6-14)37(34,35)28-23(24)26-9-3-4-18(20(32)22-25-10-11-36-22)27-21(33)19-12-16(31)13-29(19)15(2)30/h5-8,10-11,16,18-19,31H,3-4,9,12-13H2,1-2H3,(H,27,33)(H3,24,26,28)/t16-,18+,19+/m1/s1. The Labute approximate surface area is 219 Å². The van der Waals surface area contributed by atoms with Crippen molar-refractivity contribution in [3.63, 3.8) is 0 Å². The number of carbonyl (C=O) groups excluding carboxylic acids is 3. The molecule has 1 aromatic heterocycles. The number of thiazole rings is 1. The van der Waals surface area contributed by atoms with Gasteiger partial charge in [0.2, 0.25) is 23.6 Å². The molecule has 0 unspecified atom stereocenters.